The Balaban J connectivity index is 1.71. The lowest BCUT2D eigenvalue weighted by molar-refractivity contribution is -0.115. The molecule has 0 radical (unpaired) electrons. The highest BCUT2D eigenvalue weighted by Gasteiger charge is 2.14. The van der Waals surface area contributed by atoms with E-state index < -0.39 is 0 Å². The number of anilines is 1. The molecule has 128 valence electrons. The Kier molecular flexibility index (Phi) is 4.86. The number of rotatable bonds is 4. The summed E-state index contributed by atoms with van der Waals surface area (Å²) in [6.07, 6.45) is 0.261. The lowest BCUT2D eigenvalue weighted by Crippen LogP contribution is -2.16. The summed E-state index contributed by atoms with van der Waals surface area (Å²) in [5, 5.41) is 11.1. The second kappa shape index (κ2) is 7.07. The smallest absolute Gasteiger partial charge is 0.322 e. The molecule has 0 atom stereocenters. The molecular weight excluding hydrogens is 338 g/mol. The van der Waals surface area contributed by atoms with Gasteiger partial charge in [-0.1, -0.05) is 34.4 Å². The van der Waals surface area contributed by atoms with Gasteiger partial charge in [0.2, 0.25) is 11.8 Å². The normalized spacial score (nSPS) is 10.7. The molecule has 0 bridgehead atoms. The summed E-state index contributed by atoms with van der Waals surface area (Å²) >= 11 is 5.86. The summed E-state index contributed by atoms with van der Waals surface area (Å²) in [6.45, 7) is 6.06. The van der Waals surface area contributed by atoms with Crippen LogP contribution in [0.5, 0.6) is 0 Å². The number of carbonyl (C=O) groups excluding carboxylic acids is 1. The molecule has 0 fully saturated rings. The summed E-state index contributed by atoms with van der Waals surface area (Å²) in [5.41, 5.74) is 5.13. The number of hydrogen-bond donors (Lipinski definition) is 1. The second-order valence-electron chi connectivity index (χ2n) is 6.02. The van der Waals surface area contributed by atoms with Crippen LogP contribution in [0.2, 0.25) is 5.02 Å². The molecule has 3 rings (SSSR count). The van der Waals surface area contributed by atoms with Gasteiger partial charge < -0.3 is 4.42 Å². The van der Waals surface area contributed by atoms with E-state index in [2.05, 4.69) is 27.6 Å². The molecule has 1 N–H and O–H groups in total. The minimum absolute atomic E-state index is 0.0809. The van der Waals surface area contributed by atoms with Gasteiger partial charge in [-0.3, -0.25) is 10.1 Å². The van der Waals surface area contributed by atoms with Crippen molar-refractivity contribution in [2.45, 2.75) is 27.2 Å². The average Bonchev–Trinajstić information content (AvgIpc) is 3.00. The number of halogens is 1. The zero-order chi connectivity index (χ0) is 18.0. The van der Waals surface area contributed by atoms with Crippen LogP contribution in [0.15, 0.2) is 40.8 Å². The van der Waals surface area contributed by atoms with E-state index in [9.17, 15) is 4.79 Å². The molecular formula is C19H18ClN3O2. The highest BCUT2D eigenvalue weighted by Crippen LogP contribution is 2.22. The molecule has 0 saturated heterocycles. The van der Waals surface area contributed by atoms with Crippen LogP contribution < -0.4 is 5.32 Å². The molecule has 5 nitrogen and oxygen atoms in total. The maximum Gasteiger partial charge on any atom is 0.322 e. The number of benzene rings is 2. The number of amides is 1. The highest BCUT2D eigenvalue weighted by atomic mass is 35.5. The summed E-state index contributed by atoms with van der Waals surface area (Å²) in [6, 6.07) is 11.3. The summed E-state index contributed by atoms with van der Waals surface area (Å²) in [7, 11) is 0. The maximum atomic E-state index is 12.3. The van der Waals surface area contributed by atoms with E-state index in [1.807, 2.05) is 20.8 Å². The maximum absolute atomic E-state index is 12.3. The molecule has 0 aliphatic rings. The average molecular weight is 356 g/mol. The molecule has 0 saturated carbocycles. The lowest BCUT2D eigenvalue weighted by Gasteiger charge is -2.10. The second-order valence-corrected chi connectivity index (χ2v) is 6.46. The van der Waals surface area contributed by atoms with Gasteiger partial charge in [0.25, 0.3) is 0 Å². The van der Waals surface area contributed by atoms with E-state index in [4.69, 9.17) is 16.0 Å². The van der Waals surface area contributed by atoms with Crippen LogP contribution in [0.4, 0.5) is 6.01 Å². The lowest BCUT2D eigenvalue weighted by atomic mass is 9.97. The Hall–Kier alpha value is -2.66. The number of nitrogens with one attached hydrogen (secondary N) is 1. The van der Waals surface area contributed by atoms with Crippen LogP contribution in [0.25, 0.3) is 11.5 Å². The van der Waals surface area contributed by atoms with Gasteiger partial charge >= 0.3 is 6.01 Å². The van der Waals surface area contributed by atoms with Crippen molar-refractivity contribution in [1.82, 2.24) is 10.2 Å². The summed E-state index contributed by atoms with van der Waals surface area (Å²) in [5.74, 6) is 0.135. The fraction of sp³-hybridized carbons (Fsp3) is 0.211. The molecule has 25 heavy (non-hydrogen) atoms. The number of nitrogens with zero attached hydrogens (tertiary/aromatic N) is 2. The number of carbonyl (C=O) groups is 1. The number of aromatic nitrogens is 2. The molecule has 0 aliphatic carbocycles. The first-order chi connectivity index (χ1) is 11.9. The van der Waals surface area contributed by atoms with Crippen molar-refractivity contribution in [2.24, 2.45) is 0 Å². The molecule has 0 spiro atoms. The van der Waals surface area contributed by atoms with Crippen molar-refractivity contribution in [1.29, 1.82) is 0 Å². The molecule has 1 aromatic heterocycles. The van der Waals surface area contributed by atoms with Crippen LogP contribution in [0, 0.1) is 20.8 Å². The molecule has 0 aliphatic heterocycles. The van der Waals surface area contributed by atoms with Crippen LogP contribution in [0.1, 0.15) is 22.3 Å². The Labute approximate surface area is 151 Å². The van der Waals surface area contributed by atoms with Gasteiger partial charge in [-0.25, -0.2) is 0 Å². The fourth-order valence-electron chi connectivity index (χ4n) is 2.80. The largest absolute Gasteiger partial charge is 0.403 e. The molecule has 0 unspecified atom stereocenters. The SMILES string of the molecule is Cc1cc(C)c(CC(=O)Nc2nnc(-c3ccc(Cl)cc3)o2)c(C)c1. The van der Waals surface area contributed by atoms with Crippen LogP contribution in [-0.2, 0) is 11.2 Å². The molecule has 3 aromatic rings. The summed E-state index contributed by atoms with van der Waals surface area (Å²) < 4.78 is 5.50. The summed E-state index contributed by atoms with van der Waals surface area (Å²) in [4.78, 5) is 12.3. The van der Waals surface area contributed by atoms with Crippen molar-refractivity contribution >= 4 is 23.5 Å². The van der Waals surface area contributed by atoms with Crippen molar-refractivity contribution in [3.05, 3.63) is 63.7 Å². The molecule has 1 amide bonds. The van der Waals surface area contributed by atoms with Gasteiger partial charge in [-0.05, 0) is 61.7 Å². The zero-order valence-electron chi connectivity index (χ0n) is 14.3. The predicted molar refractivity (Wildman–Crippen MR) is 97.7 cm³/mol. The van der Waals surface area contributed by atoms with E-state index in [0.717, 1.165) is 22.3 Å². The fourth-order valence-corrected chi connectivity index (χ4v) is 2.92. The Morgan fingerprint density at radius 1 is 1.08 bits per heavy atom. The highest BCUT2D eigenvalue weighted by molar-refractivity contribution is 6.30. The van der Waals surface area contributed by atoms with Crippen molar-refractivity contribution in [3.8, 4) is 11.5 Å². The van der Waals surface area contributed by atoms with Gasteiger partial charge in [-0.15, -0.1) is 5.10 Å². The van der Waals surface area contributed by atoms with Crippen LogP contribution >= 0.6 is 11.6 Å². The monoisotopic (exact) mass is 355 g/mol. The third-order valence-electron chi connectivity index (χ3n) is 3.94. The van der Waals surface area contributed by atoms with E-state index in [0.29, 0.717) is 10.9 Å². The Morgan fingerprint density at radius 3 is 2.36 bits per heavy atom. The zero-order valence-corrected chi connectivity index (χ0v) is 15.0. The third-order valence-corrected chi connectivity index (χ3v) is 4.19. The molecule has 1 heterocycles. The Morgan fingerprint density at radius 2 is 1.72 bits per heavy atom. The van der Waals surface area contributed by atoms with E-state index in [-0.39, 0.29) is 18.3 Å². The standard InChI is InChI=1S/C19H18ClN3O2/c1-11-8-12(2)16(13(3)9-11)10-17(24)21-19-23-22-18(25-19)14-4-6-15(20)7-5-14/h4-9H,10H2,1-3H3,(H,21,23,24). The first-order valence-corrected chi connectivity index (χ1v) is 8.26. The van der Waals surface area contributed by atoms with Gasteiger partial charge in [0.05, 0.1) is 6.42 Å². The molecule has 2 aromatic carbocycles. The van der Waals surface area contributed by atoms with Crippen molar-refractivity contribution in [3.63, 3.8) is 0 Å². The van der Waals surface area contributed by atoms with Crippen LogP contribution in [0.3, 0.4) is 0 Å². The Bertz CT molecular complexity index is 894. The van der Waals surface area contributed by atoms with Crippen LogP contribution in [-0.4, -0.2) is 16.1 Å². The minimum atomic E-state index is -0.193. The topological polar surface area (TPSA) is 68.0 Å². The van der Waals surface area contributed by atoms with Crippen molar-refractivity contribution in [2.75, 3.05) is 5.32 Å². The van der Waals surface area contributed by atoms with E-state index in [1.54, 1.807) is 24.3 Å². The van der Waals surface area contributed by atoms with Gasteiger partial charge in [0.1, 0.15) is 0 Å². The van der Waals surface area contributed by atoms with Gasteiger partial charge in [-0.2, -0.15) is 0 Å². The number of hydrogen-bond acceptors (Lipinski definition) is 4. The van der Waals surface area contributed by atoms with Crippen molar-refractivity contribution < 1.29 is 9.21 Å². The van der Waals surface area contributed by atoms with E-state index in [1.165, 1.54) is 5.56 Å². The third kappa shape index (κ3) is 4.06. The minimum Gasteiger partial charge on any atom is -0.403 e. The predicted octanol–water partition coefficient (Wildman–Crippen LogP) is 4.50. The van der Waals surface area contributed by atoms with Gasteiger partial charge in [0, 0.05) is 10.6 Å². The number of aryl methyl sites for hydroxylation is 3. The first-order valence-electron chi connectivity index (χ1n) is 7.88. The quantitative estimate of drug-likeness (QED) is 0.748. The van der Waals surface area contributed by atoms with Gasteiger partial charge in [0.15, 0.2) is 0 Å². The first kappa shape index (κ1) is 17.2. The van der Waals surface area contributed by atoms with E-state index >= 15 is 0 Å². The molecule has 6 heteroatoms.